The van der Waals surface area contributed by atoms with Crippen molar-refractivity contribution in [2.45, 2.75) is 20.8 Å². The second kappa shape index (κ2) is 5.36. The van der Waals surface area contributed by atoms with Crippen LogP contribution in [-0.4, -0.2) is 20.2 Å². The molecule has 2 aromatic heterocycles. The van der Waals surface area contributed by atoms with Gasteiger partial charge in [-0.2, -0.15) is 5.10 Å². The Labute approximate surface area is 123 Å². The molecule has 0 radical (unpaired) electrons. The number of hydrogen-bond donors (Lipinski definition) is 2. The van der Waals surface area contributed by atoms with E-state index in [1.807, 2.05) is 19.9 Å². The number of benzene rings is 1. The first-order valence-electron chi connectivity index (χ1n) is 6.81. The first-order chi connectivity index (χ1) is 10.1. The zero-order chi connectivity index (χ0) is 14.8. The summed E-state index contributed by atoms with van der Waals surface area (Å²) in [5.74, 6) is 1.52. The van der Waals surface area contributed by atoms with Crippen LogP contribution in [0.25, 0.3) is 11.3 Å². The van der Waals surface area contributed by atoms with Gasteiger partial charge < -0.3 is 5.32 Å². The van der Waals surface area contributed by atoms with E-state index in [4.69, 9.17) is 0 Å². The number of nitrogens with zero attached hydrogens (tertiary/aromatic N) is 3. The third-order valence-electron chi connectivity index (χ3n) is 3.40. The fourth-order valence-electron chi connectivity index (χ4n) is 2.17. The Hall–Kier alpha value is -2.69. The molecule has 21 heavy (non-hydrogen) atoms. The molecule has 0 aliphatic carbocycles. The topological polar surface area (TPSA) is 66.5 Å². The van der Waals surface area contributed by atoms with Gasteiger partial charge >= 0.3 is 0 Å². The number of aryl methyl sites for hydroxylation is 2. The average Bonchev–Trinajstić information content (AvgIpc) is 2.81. The molecule has 3 rings (SSSR count). The minimum Gasteiger partial charge on any atom is -0.323 e. The van der Waals surface area contributed by atoms with E-state index in [1.54, 1.807) is 6.33 Å². The number of rotatable bonds is 3. The summed E-state index contributed by atoms with van der Waals surface area (Å²) < 4.78 is 0. The van der Waals surface area contributed by atoms with Crippen molar-refractivity contribution in [3.8, 4) is 11.3 Å². The Bertz CT molecular complexity index is 759. The molecular weight excluding hydrogens is 262 g/mol. The molecule has 5 nitrogen and oxygen atoms in total. The van der Waals surface area contributed by atoms with Crippen molar-refractivity contribution >= 4 is 11.6 Å². The van der Waals surface area contributed by atoms with Gasteiger partial charge in [0.05, 0.1) is 5.69 Å². The van der Waals surface area contributed by atoms with Crippen LogP contribution in [0.5, 0.6) is 0 Å². The smallest absolute Gasteiger partial charge is 0.156 e. The van der Waals surface area contributed by atoms with Crippen LogP contribution in [0, 0.1) is 20.8 Å². The highest BCUT2D eigenvalue weighted by Crippen LogP contribution is 2.27. The first-order valence-corrected chi connectivity index (χ1v) is 6.81. The molecule has 0 atom stereocenters. The summed E-state index contributed by atoms with van der Waals surface area (Å²) in [6.45, 7) is 6.05. The summed E-state index contributed by atoms with van der Waals surface area (Å²) in [6, 6.07) is 10.3. The van der Waals surface area contributed by atoms with Gasteiger partial charge in [0.2, 0.25) is 0 Å². The largest absolute Gasteiger partial charge is 0.323 e. The lowest BCUT2D eigenvalue weighted by atomic mass is 10.1. The van der Waals surface area contributed by atoms with E-state index in [2.05, 4.69) is 56.7 Å². The fourth-order valence-corrected chi connectivity index (χ4v) is 2.17. The van der Waals surface area contributed by atoms with Crippen LogP contribution in [0.2, 0.25) is 0 Å². The van der Waals surface area contributed by atoms with Crippen LogP contribution in [-0.2, 0) is 0 Å². The summed E-state index contributed by atoms with van der Waals surface area (Å²) >= 11 is 0. The molecule has 2 N–H and O–H groups in total. The number of anilines is 2. The molecule has 0 bridgehead atoms. The van der Waals surface area contributed by atoms with Crippen molar-refractivity contribution < 1.29 is 0 Å². The van der Waals surface area contributed by atoms with Crippen LogP contribution in [0.3, 0.4) is 0 Å². The minimum atomic E-state index is 0.743. The van der Waals surface area contributed by atoms with Crippen molar-refractivity contribution in [3.05, 3.63) is 53.5 Å². The number of hydrogen-bond acceptors (Lipinski definition) is 4. The highest BCUT2D eigenvalue weighted by Gasteiger charge is 2.11. The predicted molar refractivity (Wildman–Crippen MR) is 83.5 cm³/mol. The van der Waals surface area contributed by atoms with Gasteiger partial charge in [-0.25, -0.2) is 9.97 Å². The molecule has 3 aromatic rings. The third kappa shape index (κ3) is 2.76. The van der Waals surface area contributed by atoms with Crippen molar-refractivity contribution in [2.24, 2.45) is 0 Å². The van der Waals surface area contributed by atoms with Gasteiger partial charge in [0.1, 0.15) is 12.1 Å². The lowest BCUT2D eigenvalue weighted by molar-refractivity contribution is 1.07. The molecule has 0 aliphatic rings. The maximum atomic E-state index is 4.34. The summed E-state index contributed by atoms with van der Waals surface area (Å²) in [5, 5.41) is 10.7. The maximum absolute atomic E-state index is 4.34. The van der Waals surface area contributed by atoms with E-state index in [0.29, 0.717) is 0 Å². The Balaban J connectivity index is 1.90. The second-order valence-corrected chi connectivity index (χ2v) is 5.11. The van der Waals surface area contributed by atoms with Crippen molar-refractivity contribution in [3.63, 3.8) is 0 Å². The lowest BCUT2D eigenvalue weighted by Crippen LogP contribution is -1.96. The van der Waals surface area contributed by atoms with E-state index in [9.17, 15) is 0 Å². The molecule has 2 heterocycles. The van der Waals surface area contributed by atoms with Crippen LogP contribution < -0.4 is 5.32 Å². The summed E-state index contributed by atoms with van der Waals surface area (Å²) in [4.78, 5) is 8.28. The Kier molecular flexibility index (Phi) is 3.39. The Morgan fingerprint density at radius 1 is 1.00 bits per heavy atom. The normalized spacial score (nSPS) is 10.6. The van der Waals surface area contributed by atoms with Gasteiger partial charge in [0, 0.05) is 17.3 Å². The van der Waals surface area contributed by atoms with E-state index < -0.39 is 0 Å². The summed E-state index contributed by atoms with van der Waals surface area (Å²) in [6.07, 6.45) is 1.54. The van der Waals surface area contributed by atoms with Gasteiger partial charge in [-0.05, 0) is 26.3 Å². The van der Waals surface area contributed by atoms with Gasteiger partial charge in [0.15, 0.2) is 5.82 Å². The summed E-state index contributed by atoms with van der Waals surface area (Å²) in [7, 11) is 0. The minimum absolute atomic E-state index is 0.743. The van der Waals surface area contributed by atoms with E-state index >= 15 is 0 Å². The molecule has 0 aliphatic heterocycles. The van der Waals surface area contributed by atoms with Gasteiger partial charge in [-0.1, -0.05) is 29.8 Å². The zero-order valence-corrected chi connectivity index (χ0v) is 12.3. The molecule has 0 saturated carbocycles. The lowest BCUT2D eigenvalue weighted by Gasteiger charge is -2.04. The fraction of sp³-hybridized carbons (Fsp3) is 0.188. The highest BCUT2D eigenvalue weighted by molar-refractivity contribution is 5.70. The number of aromatic nitrogens is 4. The van der Waals surface area contributed by atoms with Crippen molar-refractivity contribution in [2.75, 3.05) is 5.32 Å². The van der Waals surface area contributed by atoms with Crippen LogP contribution >= 0.6 is 0 Å². The number of H-pyrrole nitrogens is 1. The summed E-state index contributed by atoms with van der Waals surface area (Å²) in [5.41, 5.74) is 5.36. The van der Waals surface area contributed by atoms with Crippen molar-refractivity contribution in [1.82, 2.24) is 20.2 Å². The van der Waals surface area contributed by atoms with Crippen molar-refractivity contribution in [1.29, 1.82) is 0 Å². The second-order valence-electron chi connectivity index (χ2n) is 5.11. The molecule has 0 spiro atoms. The third-order valence-corrected chi connectivity index (χ3v) is 3.40. The SMILES string of the molecule is Cc1ccc(-c2[nH]nc(Nc3cc(C)ncn3)c2C)cc1. The van der Waals surface area contributed by atoms with Gasteiger partial charge in [0.25, 0.3) is 0 Å². The van der Waals surface area contributed by atoms with Crippen LogP contribution in [0.1, 0.15) is 16.8 Å². The molecule has 0 amide bonds. The first kappa shape index (κ1) is 13.3. The van der Waals surface area contributed by atoms with Gasteiger partial charge in [-0.3, -0.25) is 5.10 Å². The highest BCUT2D eigenvalue weighted by atomic mass is 15.2. The molecule has 1 aromatic carbocycles. The molecule has 0 saturated heterocycles. The van der Waals surface area contributed by atoms with E-state index in [-0.39, 0.29) is 0 Å². The zero-order valence-electron chi connectivity index (χ0n) is 12.3. The molecule has 106 valence electrons. The molecule has 0 unspecified atom stereocenters. The quantitative estimate of drug-likeness (QED) is 0.769. The average molecular weight is 279 g/mol. The Morgan fingerprint density at radius 3 is 2.48 bits per heavy atom. The van der Waals surface area contributed by atoms with Gasteiger partial charge in [-0.15, -0.1) is 0 Å². The number of nitrogens with one attached hydrogen (secondary N) is 2. The molecule has 0 fully saturated rings. The molecule has 5 heteroatoms. The molecular formula is C16H17N5. The standard InChI is InChI=1S/C16H17N5/c1-10-4-6-13(7-5-10)15-12(3)16(21-20-15)19-14-8-11(2)17-9-18-14/h4-9H,1-3H3,(H2,17,18,19,20,21). The van der Waals surface area contributed by atoms with E-state index in [1.165, 1.54) is 5.56 Å². The van der Waals surface area contributed by atoms with E-state index in [0.717, 1.165) is 34.2 Å². The van der Waals surface area contributed by atoms with Crippen LogP contribution in [0.4, 0.5) is 11.6 Å². The number of aromatic amines is 1. The van der Waals surface area contributed by atoms with Crippen LogP contribution in [0.15, 0.2) is 36.7 Å². The maximum Gasteiger partial charge on any atom is 0.156 e. The Morgan fingerprint density at radius 2 is 1.76 bits per heavy atom. The monoisotopic (exact) mass is 279 g/mol. The predicted octanol–water partition coefficient (Wildman–Crippen LogP) is 3.54.